The van der Waals surface area contributed by atoms with E-state index in [0.717, 1.165) is 0 Å². The van der Waals surface area contributed by atoms with Crippen LogP contribution in [0.15, 0.2) is 0 Å². The van der Waals surface area contributed by atoms with Crippen LogP contribution in [0.5, 0.6) is 0 Å². The molecule has 0 aromatic rings. The zero-order valence-corrected chi connectivity index (χ0v) is 2.18. The molecule has 0 fully saturated rings. The number of rotatable bonds is 0. The topological polar surface area (TPSA) is 36.4 Å². The molecule has 0 N–H and O–H groups in total. The second-order valence-corrected chi connectivity index (χ2v) is 0.141. The SMILES string of the molecule is C=[N+]=[N-].[B]. The molecule has 19 valence electrons. The molecule has 0 unspecified atom stereocenters. The molecule has 0 spiro atoms. The van der Waals surface area contributed by atoms with Gasteiger partial charge < -0.3 is 5.53 Å². The van der Waals surface area contributed by atoms with Crippen molar-refractivity contribution >= 4 is 15.1 Å². The van der Waals surface area contributed by atoms with E-state index < -0.39 is 0 Å². The third kappa shape index (κ3) is 0.928. The van der Waals surface area contributed by atoms with Crippen LogP contribution in [0.1, 0.15) is 0 Å². The van der Waals surface area contributed by atoms with Gasteiger partial charge in [-0.25, -0.2) is 0 Å². The average molecular weight is 52.9 g/mol. The molecule has 2 nitrogen and oxygen atoms in total. The van der Waals surface area contributed by atoms with Crippen LogP contribution in [0.3, 0.4) is 0 Å². The molecule has 4 heavy (non-hydrogen) atoms. The first-order chi connectivity index (χ1) is 1.41. The van der Waals surface area contributed by atoms with Gasteiger partial charge in [-0.3, -0.25) is 0 Å². The van der Waals surface area contributed by atoms with Crippen molar-refractivity contribution in [3.63, 3.8) is 0 Å². The molecule has 0 aliphatic rings. The molecule has 0 aromatic carbocycles. The normalized spacial score (nSPS) is 2.00. The highest BCUT2D eigenvalue weighted by atomic mass is 14.8. The van der Waals surface area contributed by atoms with Crippen molar-refractivity contribution in [2.24, 2.45) is 0 Å². The minimum Gasteiger partial charge on any atom is -0.362 e. The maximum absolute atomic E-state index is 7.08. The Morgan fingerprint density at radius 3 is 1.75 bits per heavy atom. The first kappa shape index (κ1) is 9.86. The van der Waals surface area contributed by atoms with Crippen LogP contribution < -0.4 is 0 Å². The summed E-state index contributed by atoms with van der Waals surface area (Å²) in [6.07, 6.45) is 0. The van der Waals surface area contributed by atoms with E-state index in [1.54, 1.807) is 0 Å². The molecule has 0 aliphatic carbocycles. The lowest BCUT2D eigenvalue weighted by Gasteiger charge is -1.16. The molecule has 3 heteroatoms. The van der Waals surface area contributed by atoms with E-state index in [-0.39, 0.29) is 8.41 Å². The van der Waals surface area contributed by atoms with E-state index in [1.165, 1.54) is 0 Å². The summed E-state index contributed by atoms with van der Waals surface area (Å²) in [5.74, 6) is 0. The standard InChI is InChI=1S/CH2N2.B/c1-3-2;/h1H2;. The molecule has 0 aliphatic heterocycles. The van der Waals surface area contributed by atoms with Gasteiger partial charge in [-0.05, 0) is 0 Å². The van der Waals surface area contributed by atoms with Crippen LogP contribution >= 0.6 is 0 Å². The van der Waals surface area contributed by atoms with Crippen molar-refractivity contribution in [1.82, 2.24) is 0 Å². The predicted octanol–water partition coefficient (Wildman–Crippen LogP) is -0.464. The first-order valence-corrected chi connectivity index (χ1v) is 0.516. The van der Waals surface area contributed by atoms with Crippen LogP contribution in [0.2, 0.25) is 0 Å². The Balaban J connectivity index is 0. The van der Waals surface area contributed by atoms with E-state index in [1.807, 2.05) is 0 Å². The van der Waals surface area contributed by atoms with Gasteiger partial charge in [0.05, 0.1) is 0 Å². The lowest BCUT2D eigenvalue weighted by atomic mass is 10.8. The highest BCUT2D eigenvalue weighted by Gasteiger charge is 0.932. The van der Waals surface area contributed by atoms with Gasteiger partial charge in [-0.2, -0.15) is 4.79 Å². The Morgan fingerprint density at radius 2 is 1.75 bits per heavy atom. The summed E-state index contributed by atoms with van der Waals surface area (Å²) in [4.78, 5) is 2.25. The zero-order chi connectivity index (χ0) is 2.71. The van der Waals surface area contributed by atoms with E-state index >= 15 is 0 Å². The third-order valence-electron chi connectivity index (χ3n) is 0. The van der Waals surface area contributed by atoms with Crippen LogP contribution in [-0.2, 0) is 0 Å². The molecule has 0 rings (SSSR count). The quantitative estimate of drug-likeness (QED) is 0.155. The molecule has 0 heterocycles. The molecule has 0 aromatic heterocycles. The highest BCUT2D eigenvalue weighted by Crippen LogP contribution is 0.902. The monoisotopic (exact) mass is 53.0 g/mol. The molecule has 0 saturated heterocycles. The van der Waals surface area contributed by atoms with Crippen molar-refractivity contribution in [3.05, 3.63) is 5.53 Å². The van der Waals surface area contributed by atoms with Crippen LogP contribution in [0.25, 0.3) is 5.53 Å². The first-order valence-electron chi connectivity index (χ1n) is 0.516. The number of hydrogen-bond donors (Lipinski definition) is 0. The van der Waals surface area contributed by atoms with Gasteiger partial charge in [0.1, 0.15) is 0 Å². The summed E-state index contributed by atoms with van der Waals surface area (Å²) in [7, 11) is 0. The largest absolute Gasteiger partial charge is 0.362 e. The summed E-state index contributed by atoms with van der Waals surface area (Å²) in [5.41, 5.74) is 7.08. The summed E-state index contributed by atoms with van der Waals surface area (Å²) in [6.45, 7) is 2.67. The van der Waals surface area contributed by atoms with Gasteiger partial charge in [0, 0.05) is 8.41 Å². The lowest BCUT2D eigenvalue weighted by molar-refractivity contribution is 0.0110. The van der Waals surface area contributed by atoms with Gasteiger partial charge in [-0.1, -0.05) is 0 Å². The Hall–Kier alpha value is -0.555. The van der Waals surface area contributed by atoms with Crippen molar-refractivity contribution in [2.45, 2.75) is 0 Å². The van der Waals surface area contributed by atoms with Gasteiger partial charge in [0.2, 0.25) is 6.72 Å². The van der Waals surface area contributed by atoms with E-state index in [0.29, 0.717) is 0 Å². The molecule has 3 radical (unpaired) electrons. The summed E-state index contributed by atoms with van der Waals surface area (Å²) >= 11 is 0. The van der Waals surface area contributed by atoms with Crippen LogP contribution in [-0.4, -0.2) is 19.9 Å². The third-order valence-corrected chi connectivity index (χ3v) is 0. The Labute approximate surface area is 26.6 Å². The fraction of sp³-hybridized carbons (Fsp3) is 0. The average Bonchev–Trinajstić information content (AvgIpc) is 0.918. The van der Waals surface area contributed by atoms with Crippen molar-refractivity contribution in [3.8, 4) is 0 Å². The second-order valence-electron chi connectivity index (χ2n) is 0.141. The van der Waals surface area contributed by atoms with E-state index in [2.05, 4.69) is 11.5 Å². The van der Waals surface area contributed by atoms with E-state index in [4.69, 9.17) is 5.53 Å². The molecule has 0 saturated carbocycles. The smallest absolute Gasteiger partial charge is 0.245 e. The Bertz CT molecular complexity index is 27.0. The van der Waals surface area contributed by atoms with E-state index in [9.17, 15) is 0 Å². The fourth-order valence-electron chi connectivity index (χ4n) is 0. The van der Waals surface area contributed by atoms with Gasteiger partial charge >= 0.3 is 0 Å². The zero-order valence-electron chi connectivity index (χ0n) is 2.18. The van der Waals surface area contributed by atoms with Gasteiger partial charge in [-0.15, -0.1) is 0 Å². The van der Waals surface area contributed by atoms with Crippen molar-refractivity contribution in [2.75, 3.05) is 0 Å². The van der Waals surface area contributed by atoms with Gasteiger partial charge in [0.25, 0.3) is 0 Å². The second kappa shape index (κ2) is 25.8. The minimum atomic E-state index is 0. The number of nitrogens with zero attached hydrogens (tertiary/aromatic N) is 2. The Morgan fingerprint density at radius 1 is 1.75 bits per heavy atom. The molecule has 0 amide bonds. The minimum absolute atomic E-state index is 0. The fourth-order valence-corrected chi connectivity index (χ4v) is 0. The van der Waals surface area contributed by atoms with Gasteiger partial charge in [0.15, 0.2) is 0 Å². The van der Waals surface area contributed by atoms with Crippen molar-refractivity contribution in [1.29, 1.82) is 0 Å². The molecule has 0 bridgehead atoms. The summed E-state index contributed by atoms with van der Waals surface area (Å²) < 4.78 is 0. The van der Waals surface area contributed by atoms with Crippen molar-refractivity contribution < 1.29 is 4.79 Å². The maximum atomic E-state index is 7.08. The molecular weight excluding hydrogens is 50.8 g/mol. The predicted molar refractivity (Wildman–Crippen MR) is 16.5 cm³/mol. The molecule has 0 atom stereocenters. The lowest BCUT2D eigenvalue weighted by Crippen LogP contribution is -1.21. The summed E-state index contributed by atoms with van der Waals surface area (Å²) in [5, 5.41) is 0. The maximum Gasteiger partial charge on any atom is 0.245 e. The molecular formula is CH2BN2. The van der Waals surface area contributed by atoms with Crippen LogP contribution in [0.4, 0.5) is 0 Å². The highest BCUT2D eigenvalue weighted by molar-refractivity contribution is 5.75. The number of hydrogen-bond acceptors (Lipinski definition) is 0. The Kier molecular flexibility index (Phi) is 63.6. The van der Waals surface area contributed by atoms with Crippen LogP contribution in [0, 0.1) is 0 Å². The summed E-state index contributed by atoms with van der Waals surface area (Å²) in [6, 6.07) is 0.